The van der Waals surface area contributed by atoms with Gasteiger partial charge in [0, 0.05) is 5.56 Å². The Morgan fingerprint density at radius 1 is 1.05 bits per heavy atom. The van der Waals surface area contributed by atoms with Gasteiger partial charge in [0.1, 0.15) is 12.2 Å². The number of carbonyl (C=O) groups is 2. The molecule has 2 aromatic rings. The number of ketones is 1. The highest BCUT2D eigenvalue weighted by Crippen LogP contribution is 2.31. The zero-order valence-electron chi connectivity index (χ0n) is 12.5. The van der Waals surface area contributed by atoms with Crippen LogP contribution >= 0.6 is 0 Å². The average Bonchev–Trinajstić information content (AvgIpc) is 2.53. The average molecular weight is 299 g/mol. The number of hydrogen-bond acceptors (Lipinski definition) is 5. The number of carbonyl (C=O) groups excluding carboxylic acids is 2. The van der Waals surface area contributed by atoms with Crippen LogP contribution in [0.1, 0.15) is 33.2 Å². The normalized spacial score (nSPS) is 10.1. The van der Waals surface area contributed by atoms with Gasteiger partial charge in [-0.15, -0.1) is 0 Å². The zero-order chi connectivity index (χ0) is 16.1. The highest BCUT2D eigenvalue weighted by atomic mass is 16.5. The summed E-state index contributed by atoms with van der Waals surface area (Å²) in [4.78, 5) is 23.4. The van der Waals surface area contributed by atoms with Crippen LogP contribution in [0, 0.1) is 0 Å². The molecule has 0 bridgehead atoms. The molecular formula is C17H17NO4. The second kappa shape index (κ2) is 6.76. The first-order valence-electron chi connectivity index (χ1n) is 6.73. The Morgan fingerprint density at radius 2 is 1.68 bits per heavy atom. The lowest BCUT2D eigenvalue weighted by molar-refractivity contribution is 0.0595. The zero-order valence-corrected chi connectivity index (χ0v) is 12.5. The Morgan fingerprint density at radius 3 is 2.27 bits per heavy atom. The van der Waals surface area contributed by atoms with Gasteiger partial charge in [-0.2, -0.15) is 0 Å². The van der Waals surface area contributed by atoms with Crippen LogP contribution in [0.5, 0.6) is 5.75 Å². The van der Waals surface area contributed by atoms with Gasteiger partial charge in [-0.1, -0.05) is 30.3 Å². The Labute approximate surface area is 128 Å². The number of rotatable bonds is 5. The van der Waals surface area contributed by atoms with Crippen LogP contribution in [0.3, 0.4) is 0 Å². The van der Waals surface area contributed by atoms with Gasteiger partial charge in [0.2, 0.25) is 0 Å². The van der Waals surface area contributed by atoms with Gasteiger partial charge in [-0.05, 0) is 24.6 Å². The van der Waals surface area contributed by atoms with Gasteiger partial charge in [0.25, 0.3) is 0 Å². The van der Waals surface area contributed by atoms with E-state index in [1.807, 2.05) is 30.3 Å². The molecular weight excluding hydrogens is 282 g/mol. The van der Waals surface area contributed by atoms with Gasteiger partial charge >= 0.3 is 5.97 Å². The van der Waals surface area contributed by atoms with E-state index in [0.717, 1.165) is 5.56 Å². The summed E-state index contributed by atoms with van der Waals surface area (Å²) in [5.41, 5.74) is 7.57. The third kappa shape index (κ3) is 3.25. The monoisotopic (exact) mass is 299 g/mol. The minimum Gasteiger partial charge on any atom is -0.486 e. The maximum Gasteiger partial charge on any atom is 0.341 e. The number of nitrogens with two attached hydrogens (primary N) is 1. The number of ether oxygens (including phenoxy) is 2. The lowest BCUT2D eigenvalue weighted by Gasteiger charge is -2.15. The van der Waals surface area contributed by atoms with Crippen molar-refractivity contribution >= 4 is 17.4 Å². The highest BCUT2D eigenvalue weighted by molar-refractivity contribution is 6.04. The lowest BCUT2D eigenvalue weighted by Crippen LogP contribution is -2.11. The third-order valence-corrected chi connectivity index (χ3v) is 3.21. The molecule has 0 saturated heterocycles. The molecule has 114 valence electrons. The van der Waals surface area contributed by atoms with Gasteiger partial charge < -0.3 is 15.2 Å². The molecule has 2 N–H and O–H groups in total. The molecule has 0 saturated carbocycles. The first-order chi connectivity index (χ1) is 10.5. The number of esters is 1. The van der Waals surface area contributed by atoms with Gasteiger partial charge in [-0.25, -0.2) is 4.79 Å². The lowest BCUT2D eigenvalue weighted by atomic mass is 10.0. The number of nitrogen functional groups attached to an aromatic ring is 1. The smallest absolute Gasteiger partial charge is 0.341 e. The molecule has 2 rings (SSSR count). The second-order valence-electron chi connectivity index (χ2n) is 4.73. The quantitative estimate of drug-likeness (QED) is 0.522. The number of methoxy groups -OCH3 is 1. The first-order valence-corrected chi connectivity index (χ1v) is 6.73. The summed E-state index contributed by atoms with van der Waals surface area (Å²) >= 11 is 0. The first kappa shape index (κ1) is 15.6. The molecule has 0 radical (unpaired) electrons. The third-order valence-electron chi connectivity index (χ3n) is 3.21. The van der Waals surface area contributed by atoms with E-state index in [-0.39, 0.29) is 29.4 Å². The summed E-state index contributed by atoms with van der Waals surface area (Å²) in [6.45, 7) is 1.64. The molecule has 0 unspecified atom stereocenters. The van der Waals surface area contributed by atoms with Crippen molar-refractivity contribution in [2.24, 2.45) is 0 Å². The Kier molecular flexibility index (Phi) is 4.78. The number of benzene rings is 2. The maximum absolute atomic E-state index is 11.8. The van der Waals surface area contributed by atoms with Gasteiger partial charge in [0.05, 0.1) is 12.8 Å². The van der Waals surface area contributed by atoms with E-state index in [1.54, 1.807) is 0 Å². The Balaban J connectivity index is 2.39. The van der Waals surface area contributed by atoms with Crippen molar-refractivity contribution in [2.45, 2.75) is 13.5 Å². The molecule has 0 aliphatic heterocycles. The molecule has 0 aliphatic rings. The van der Waals surface area contributed by atoms with Crippen molar-refractivity contribution in [2.75, 3.05) is 12.8 Å². The summed E-state index contributed by atoms with van der Waals surface area (Å²) in [6.07, 6.45) is 0. The van der Waals surface area contributed by atoms with Crippen LogP contribution in [0.25, 0.3) is 0 Å². The van der Waals surface area contributed by atoms with Gasteiger partial charge in [-0.3, -0.25) is 4.79 Å². The van der Waals surface area contributed by atoms with Crippen LogP contribution in [0.4, 0.5) is 5.69 Å². The fourth-order valence-corrected chi connectivity index (χ4v) is 2.06. The molecule has 0 aliphatic carbocycles. The minimum absolute atomic E-state index is 0.145. The number of Topliss-reactive ketones (excluding diaryl/α,β-unsaturated/α-hetero) is 1. The fourth-order valence-electron chi connectivity index (χ4n) is 2.06. The van der Waals surface area contributed by atoms with Crippen molar-refractivity contribution in [3.8, 4) is 5.75 Å². The molecule has 0 fully saturated rings. The molecule has 0 aromatic heterocycles. The Bertz CT molecular complexity index is 695. The van der Waals surface area contributed by atoms with E-state index >= 15 is 0 Å². The van der Waals surface area contributed by atoms with E-state index in [0.29, 0.717) is 5.56 Å². The SMILES string of the molecule is COC(=O)c1ccc(C(C)=O)c(N)c1OCc1ccccc1. The van der Waals surface area contributed by atoms with E-state index in [1.165, 1.54) is 26.2 Å². The molecule has 5 nitrogen and oxygen atoms in total. The fraction of sp³-hybridized carbons (Fsp3) is 0.176. The van der Waals surface area contributed by atoms with Crippen LogP contribution in [0.15, 0.2) is 42.5 Å². The largest absolute Gasteiger partial charge is 0.486 e. The standard InChI is InChI=1S/C17H17NO4/c1-11(19)13-8-9-14(17(20)21-2)16(15(13)18)22-10-12-6-4-3-5-7-12/h3-9H,10,18H2,1-2H3. The van der Waals surface area contributed by atoms with E-state index in [9.17, 15) is 9.59 Å². The summed E-state index contributed by atoms with van der Waals surface area (Å²) < 4.78 is 10.4. The minimum atomic E-state index is -0.565. The molecule has 0 heterocycles. The maximum atomic E-state index is 11.8. The molecule has 5 heteroatoms. The van der Waals surface area contributed by atoms with Crippen LogP contribution in [0.2, 0.25) is 0 Å². The molecule has 0 spiro atoms. The topological polar surface area (TPSA) is 78.6 Å². The second-order valence-corrected chi connectivity index (χ2v) is 4.73. The van der Waals surface area contributed by atoms with Crippen molar-refractivity contribution in [1.82, 2.24) is 0 Å². The van der Waals surface area contributed by atoms with Gasteiger partial charge in [0.15, 0.2) is 11.5 Å². The van der Waals surface area contributed by atoms with E-state index < -0.39 is 5.97 Å². The van der Waals surface area contributed by atoms with Crippen LogP contribution in [-0.4, -0.2) is 18.9 Å². The van der Waals surface area contributed by atoms with Crippen molar-refractivity contribution < 1.29 is 19.1 Å². The van der Waals surface area contributed by atoms with Crippen molar-refractivity contribution in [1.29, 1.82) is 0 Å². The van der Waals surface area contributed by atoms with E-state index in [4.69, 9.17) is 15.2 Å². The van der Waals surface area contributed by atoms with Crippen molar-refractivity contribution in [3.05, 3.63) is 59.2 Å². The summed E-state index contributed by atoms with van der Waals surface area (Å²) in [5, 5.41) is 0. The Hall–Kier alpha value is -2.82. The summed E-state index contributed by atoms with van der Waals surface area (Å²) in [5.74, 6) is -0.591. The highest BCUT2D eigenvalue weighted by Gasteiger charge is 2.20. The van der Waals surface area contributed by atoms with E-state index in [2.05, 4.69) is 0 Å². The van der Waals surface area contributed by atoms with Crippen LogP contribution < -0.4 is 10.5 Å². The molecule has 0 amide bonds. The number of hydrogen-bond donors (Lipinski definition) is 1. The molecule has 22 heavy (non-hydrogen) atoms. The van der Waals surface area contributed by atoms with Crippen LogP contribution in [-0.2, 0) is 11.3 Å². The number of anilines is 1. The summed E-state index contributed by atoms with van der Waals surface area (Å²) in [6, 6.07) is 12.4. The summed E-state index contributed by atoms with van der Waals surface area (Å²) in [7, 11) is 1.28. The molecule has 0 atom stereocenters. The molecule has 2 aromatic carbocycles. The van der Waals surface area contributed by atoms with Crippen molar-refractivity contribution in [3.63, 3.8) is 0 Å². The predicted octanol–water partition coefficient (Wildman–Crippen LogP) is 2.84. The predicted molar refractivity (Wildman–Crippen MR) is 83.0 cm³/mol.